The minimum Gasteiger partial charge on any atom is -0.317 e. The van der Waals surface area contributed by atoms with Crippen molar-refractivity contribution >= 4 is 39.4 Å². The summed E-state index contributed by atoms with van der Waals surface area (Å²) in [5, 5.41) is 10.7. The summed E-state index contributed by atoms with van der Waals surface area (Å²) in [6.45, 7) is 1.92. The average molecular weight is 324 g/mol. The molecule has 0 spiro atoms. The Hall–Kier alpha value is -2.22. The Bertz CT molecular complexity index is 612. The number of anilines is 2. The minimum absolute atomic E-state index is 0.114. The molecule has 0 saturated carbocycles. The van der Waals surface area contributed by atoms with Crippen LogP contribution in [0.15, 0.2) is 29.0 Å². The van der Waals surface area contributed by atoms with E-state index in [2.05, 4.69) is 41.7 Å². The first-order chi connectivity index (χ1) is 9.06. The lowest BCUT2D eigenvalue weighted by Crippen LogP contribution is -2.29. The number of aromatic amines is 1. The number of H-pyrrole nitrogens is 1. The number of aromatic nitrogens is 3. The van der Waals surface area contributed by atoms with Crippen molar-refractivity contribution < 1.29 is 9.59 Å². The molecule has 0 aliphatic heterocycles. The Morgan fingerprint density at radius 3 is 2.63 bits per heavy atom. The highest BCUT2D eigenvalue weighted by atomic mass is 79.9. The zero-order valence-electron chi connectivity index (χ0n) is 9.90. The van der Waals surface area contributed by atoms with E-state index in [1.165, 1.54) is 6.33 Å². The van der Waals surface area contributed by atoms with Crippen molar-refractivity contribution in [2.24, 2.45) is 0 Å². The summed E-state index contributed by atoms with van der Waals surface area (Å²) in [5.74, 6) is -1.51. The molecule has 8 heteroatoms. The minimum atomic E-state index is -0.829. The molecule has 1 heterocycles. The lowest BCUT2D eigenvalue weighted by molar-refractivity contribution is -0.133. The van der Waals surface area contributed by atoms with E-state index in [-0.39, 0.29) is 5.95 Å². The molecule has 19 heavy (non-hydrogen) atoms. The second kappa shape index (κ2) is 5.61. The fourth-order valence-electron chi connectivity index (χ4n) is 1.33. The number of carbonyl (C=O) groups excluding carboxylic acids is 2. The third kappa shape index (κ3) is 3.38. The van der Waals surface area contributed by atoms with Crippen molar-refractivity contribution in [1.29, 1.82) is 0 Å². The van der Waals surface area contributed by atoms with Crippen LogP contribution in [0, 0.1) is 6.92 Å². The first kappa shape index (κ1) is 13.2. The van der Waals surface area contributed by atoms with E-state index in [9.17, 15) is 9.59 Å². The maximum atomic E-state index is 11.7. The molecule has 0 aliphatic rings. The quantitative estimate of drug-likeness (QED) is 0.728. The molecule has 7 nitrogen and oxygen atoms in total. The molecule has 0 saturated heterocycles. The summed E-state index contributed by atoms with van der Waals surface area (Å²) in [6, 6.07) is 5.37. The summed E-state index contributed by atoms with van der Waals surface area (Å²) in [6.07, 6.45) is 1.23. The van der Waals surface area contributed by atoms with E-state index in [1.54, 1.807) is 6.07 Å². The first-order valence-electron chi connectivity index (χ1n) is 5.30. The smallest absolute Gasteiger partial charge is 0.316 e. The normalized spacial score (nSPS) is 10.0. The second-order valence-corrected chi connectivity index (χ2v) is 4.58. The third-order valence-electron chi connectivity index (χ3n) is 2.23. The van der Waals surface area contributed by atoms with E-state index in [0.717, 1.165) is 5.56 Å². The lowest BCUT2D eigenvalue weighted by Gasteiger charge is -2.07. The van der Waals surface area contributed by atoms with Gasteiger partial charge in [-0.2, -0.15) is 10.1 Å². The van der Waals surface area contributed by atoms with Gasteiger partial charge in [-0.3, -0.25) is 14.9 Å². The molecule has 1 aromatic heterocycles. The van der Waals surface area contributed by atoms with Crippen LogP contribution < -0.4 is 10.6 Å². The summed E-state index contributed by atoms with van der Waals surface area (Å²) in [5.41, 5.74) is 1.55. The number of benzene rings is 1. The fraction of sp³-hybridized carbons (Fsp3) is 0.0909. The van der Waals surface area contributed by atoms with Crippen LogP contribution >= 0.6 is 15.9 Å². The van der Waals surface area contributed by atoms with Gasteiger partial charge in [0.1, 0.15) is 6.33 Å². The highest BCUT2D eigenvalue weighted by molar-refractivity contribution is 9.10. The molecule has 98 valence electrons. The van der Waals surface area contributed by atoms with Crippen molar-refractivity contribution in [2.45, 2.75) is 6.92 Å². The summed E-state index contributed by atoms with van der Waals surface area (Å²) in [4.78, 5) is 26.9. The monoisotopic (exact) mass is 323 g/mol. The molecule has 2 amide bonds. The van der Waals surface area contributed by atoms with Crippen LogP contribution in [0.5, 0.6) is 0 Å². The molecular formula is C11H10BrN5O2. The van der Waals surface area contributed by atoms with Crippen LogP contribution in [0.3, 0.4) is 0 Å². The van der Waals surface area contributed by atoms with Gasteiger partial charge in [-0.15, -0.1) is 0 Å². The Morgan fingerprint density at radius 2 is 2.00 bits per heavy atom. The number of amides is 2. The van der Waals surface area contributed by atoms with Gasteiger partial charge in [0.05, 0.1) is 5.69 Å². The number of halogens is 1. The van der Waals surface area contributed by atoms with Crippen LogP contribution in [0.1, 0.15) is 5.56 Å². The van der Waals surface area contributed by atoms with Gasteiger partial charge < -0.3 is 5.32 Å². The Balaban J connectivity index is 2.02. The Morgan fingerprint density at radius 1 is 1.26 bits per heavy atom. The summed E-state index contributed by atoms with van der Waals surface area (Å²) >= 11 is 3.31. The molecule has 0 fully saturated rings. The summed E-state index contributed by atoms with van der Waals surface area (Å²) in [7, 11) is 0. The van der Waals surface area contributed by atoms with Crippen LogP contribution in [0.25, 0.3) is 0 Å². The molecule has 0 atom stereocenters. The highest BCUT2D eigenvalue weighted by Crippen LogP contribution is 2.23. The molecule has 2 rings (SSSR count). The average Bonchev–Trinajstić information content (AvgIpc) is 2.85. The van der Waals surface area contributed by atoms with E-state index in [1.807, 2.05) is 19.1 Å². The topological polar surface area (TPSA) is 99.8 Å². The molecule has 0 unspecified atom stereocenters. The van der Waals surface area contributed by atoms with Gasteiger partial charge in [0.15, 0.2) is 0 Å². The zero-order valence-corrected chi connectivity index (χ0v) is 11.5. The van der Waals surface area contributed by atoms with Crippen molar-refractivity contribution in [1.82, 2.24) is 15.2 Å². The van der Waals surface area contributed by atoms with E-state index >= 15 is 0 Å². The van der Waals surface area contributed by atoms with Gasteiger partial charge in [-0.1, -0.05) is 6.07 Å². The molecule has 0 bridgehead atoms. The highest BCUT2D eigenvalue weighted by Gasteiger charge is 2.16. The maximum absolute atomic E-state index is 11.7. The molecule has 1 aromatic carbocycles. The predicted octanol–water partition coefficient (Wildman–Crippen LogP) is 1.45. The number of rotatable bonds is 2. The number of hydrogen-bond donors (Lipinski definition) is 3. The summed E-state index contributed by atoms with van der Waals surface area (Å²) < 4.78 is 0.702. The van der Waals surface area contributed by atoms with Crippen molar-refractivity contribution in [3.05, 3.63) is 34.6 Å². The Kier molecular flexibility index (Phi) is 3.91. The van der Waals surface area contributed by atoms with Gasteiger partial charge >= 0.3 is 11.8 Å². The number of nitrogens with zero attached hydrogens (tertiary/aromatic N) is 2. The molecule has 0 radical (unpaired) electrons. The second-order valence-electron chi connectivity index (χ2n) is 3.73. The molecule has 0 aliphatic carbocycles. The van der Waals surface area contributed by atoms with Crippen molar-refractivity contribution in [2.75, 3.05) is 10.6 Å². The largest absolute Gasteiger partial charge is 0.317 e. The Labute approximate surface area is 116 Å². The molecule has 3 N–H and O–H groups in total. The van der Waals surface area contributed by atoms with Gasteiger partial charge in [0, 0.05) is 4.47 Å². The van der Waals surface area contributed by atoms with Gasteiger partial charge in [0.25, 0.3) is 0 Å². The van der Waals surface area contributed by atoms with Crippen LogP contribution in [0.4, 0.5) is 11.6 Å². The van der Waals surface area contributed by atoms with E-state index in [4.69, 9.17) is 0 Å². The van der Waals surface area contributed by atoms with Crippen LogP contribution in [-0.2, 0) is 9.59 Å². The maximum Gasteiger partial charge on any atom is 0.316 e. The fourth-order valence-corrected chi connectivity index (χ4v) is 1.92. The SMILES string of the molecule is Cc1ccc(NC(=O)C(=O)Nc2ncn[nH]2)c(Br)c1. The van der Waals surface area contributed by atoms with Crippen LogP contribution in [-0.4, -0.2) is 27.0 Å². The number of carbonyl (C=O) groups is 2. The number of hydrogen-bond acceptors (Lipinski definition) is 4. The first-order valence-corrected chi connectivity index (χ1v) is 6.09. The molecular weight excluding hydrogens is 314 g/mol. The van der Waals surface area contributed by atoms with Crippen LogP contribution in [0.2, 0.25) is 0 Å². The van der Waals surface area contributed by atoms with E-state index in [0.29, 0.717) is 10.2 Å². The number of aryl methyl sites for hydroxylation is 1. The molecule has 2 aromatic rings. The lowest BCUT2D eigenvalue weighted by atomic mass is 10.2. The standard InChI is InChI=1S/C11H10BrN5O2/c1-6-2-3-8(7(12)4-6)15-9(18)10(19)16-11-13-5-14-17-11/h2-5H,1H3,(H,15,18)(H2,13,14,16,17,19). The van der Waals surface area contributed by atoms with Crippen molar-refractivity contribution in [3.63, 3.8) is 0 Å². The van der Waals surface area contributed by atoms with Gasteiger partial charge in [-0.05, 0) is 40.5 Å². The van der Waals surface area contributed by atoms with Crippen molar-refractivity contribution in [3.8, 4) is 0 Å². The van der Waals surface area contributed by atoms with Gasteiger partial charge in [0.2, 0.25) is 5.95 Å². The zero-order chi connectivity index (χ0) is 13.8. The number of nitrogens with one attached hydrogen (secondary N) is 3. The van der Waals surface area contributed by atoms with Gasteiger partial charge in [-0.25, -0.2) is 5.10 Å². The predicted molar refractivity (Wildman–Crippen MR) is 72.5 cm³/mol. The third-order valence-corrected chi connectivity index (χ3v) is 2.88. The van der Waals surface area contributed by atoms with E-state index < -0.39 is 11.8 Å².